The van der Waals surface area contributed by atoms with Crippen LogP contribution >= 0.6 is 0 Å². The molecule has 0 aliphatic carbocycles. The van der Waals surface area contributed by atoms with Crippen LogP contribution in [0.2, 0.25) is 0 Å². The van der Waals surface area contributed by atoms with Crippen molar-refractivity contribution in [3.05, 3.63) is 0 Å². The number of rotatable bonds is 6. The third-order valence-electron chi connectivity index (χ3n) is 4.04. The topological polar surface area (TPSA) is 73.3 Å². The Morgan fingerprint density at radius 3 is 2.65 bits per heavy atom. The minimum absolute atomic E-state index is 0.0102. The van der Waals surface area contributed by atoms with E-state index in [-0.39, 0.29) is 6.61 Å². The first-order valence-electron chi connectivity index (χ1n) is 7.20. The molecule has 2 fully saturated rings. The number of nitrogens with zero attached hydrogens (tertiary/aromatic N) is 3. The normalized spacial score (nSPS) is 26.4. The predicted molar refractivity (Wildman–Crippen MR) is 75.6 cm³/mol. The molecule has 2 saturated heterocycles. The van der Waals surface area contributed by atoms with Crippen LogP contribution in [0.5, 0.6) is 0 Å². The van der Waals surface area contributed by atoms with Crippen LogP contribution < -0.4 is 0 Å². The second-order valence-electron chi connectivity index (χ2n) is 5.36. The number of aliphatic hydroxyl groups is 1. The Hall–Kier alpha value is -0.250. The highest BCUT2D eigenvalue weighted by Crippen LogP contribution is 2.21. The Kier molecular flexibility index (Phi) is 5.76. The molecule has 8 heteroatoms. The van der Waals surface area contributed by atoms with Crippen LogP contribution in [0.1, 0.15) is 12.8 Å². The maximum absolute atomic E-state index is 12.4. The van der Waals surface area contributed by atoms with E-state index in [0.29, 0.717) is 32.1 Å². The molecule has 20 heavy (non-hydrogen) atoms. The van der Waals surface area contributed by atoms with Gasteiger partial charge < -0.3 is 9.84 Å². The fourth-order valence-electron chi connectivity index (χ4n) is 2.77. The molecule has 7 nitrogen and oxygen atoms in total. The smallest absolute Gasteiger partial charge is 0.281 e. The molecule has 2 heterocycles. The Bertz CT molecular complexity index is 398. The van der Waals surface area contributed by atoms with Crippen LogP contribution in [-0.4, -0.2) is 92.7 Å². The average molecular weight is 307 g/mol. The van der Waals surface area contributed by atoms with Gasteiger partial charge in [-0.2, -0.15) is 17.0 Å². The summed E-state index contributed by atoms with van der Waals surface area (Å²) in [7, 11) is -1.81. The van der Waals surface area contributed by atoms with Crippen molar-refractivity contribution in [1.29, 1.82) is 0 Å². The molecule has 2 aliphatic heterocycles. The highest BCUT2D eigenvalue weighted by Gasteiger charge is 2.36. The van der Waals surface area contributed by atoms with Crippen LogP contribution in [-0.2, 0) is 14.9 Å². The minimum atomic E-state index is -3.38. The molecule has 0 amide bonds. The van der Waals surface area contributed by atoms with Crippen molar-refractivity contribution in [2.75, 3.05) is 59.6 Å². The summed E-state index contributed by atoms with van der Waals surface area (Å²) < 4.78 is 33.0. The summed E-state index contributed by atoms with van der Waals surface area (Å²) in [6.07, 6.45) is 1.35. The molecule has 118 valence electrons. The standard InChI is InChI=1S/C12H25N3O4S/c1-13(4-2-8-16)20(17,18)15-5-3-12(11-15)14-6-9-19-10-7-14/h12,16H,2-11H2,1H3. The van der Waals surface area contributed by atoms with E-state index >= 15 is 0 Å². The summed E-state index contributed by atoms with van der Waals surface area (Å²) in [6, 6.07) is 0.305. The number of aliphatic hydroxyl groups excluding tert-OH is 1. The predicted octanol–water partition coefficient (Wildman–Crippen LogP) is -1.05. The van der Waals surface area contributed by atoms with Crippen molar-refractivity contribution >= 4 is 10.2 Å². The zero-order valence-electron chi connectivity index (χ0n) is 12.1. The van der Waals surface area contributed by atoms with Crippen molar-refractivity contribution in [3.8, 4) is 0 Å². The Morgan fingerprint density at radius 2 is 2.00 bits per heavy atom. The fraction of sp³-hybridized carbons (Fsp3) is 1.00. The van der Waals surface area contributed by atoms with E-state index in [2.05, 4.69) is 4.90 Å². The number of morpholine rings is 1. The summed E-state index contributed by atoms with van der Waals surface area (Å²) >= 11 is 0. The van der Waals surface area contributed by atoms with E-state index in [1.165, 1.54) is 4.31 Å². The van der Waals surface area contributed by atoms with E-state index in [9.17, 15) is 8.42 Å². The SMILES string of the molecule is CN(CCCO)S(=O)(=O)N1CCC(N2CCOCC2)C1. The monoisotopic (exact) mass is 307 g/mol. The van der Waals surface area contributed by atoms with Crippen molar-refractivity contribution in [1.82, 2.24) is 13.5 Å². The molecular formula is C12H25N3O4S. The van der Waals surface area contributed by atoms with E-state index < -0.39 is 10.2 Å². The molecule has 2 rings (SSSR count). The minimum Gasteiger partial charge on any atom is -0.396 e. The van der Waals surface area contributed by atoms with Crippen molar-refractivity contribution < 1.29 is 18.3 Å². The Morgan fingerprint density at radius 1 is 1.30 bits per heavy atom. The first-order valence-corrected chi connectivity index (χ1v) is 8.59. The summed E-state index contributed by atoms with van der Waals surface area (Å²) in [6.45, 7) is 4.75. The van der Waals surface area contributed by atoms with Gasteiger partial charge in [-0.25, -0.2) is 0 Å². The first-order chi connectivity index (χ1) is 9.55. The summed E-state index contributed by atoms with van der Waals surface area (Å²) in [5.74, 6) is 0. The van der Waals surface area contributed by atoms with Gasteiger partial charge in [0.15, 0.2) is 0 Å². The molecule has 0 aromatic carbocycles. The molecule has 0 bridgehead atoms. The summed E-state index contributed by atoms with van der Waals surface area (Å²) in [5.41, 5.74) is 0. The van der Waals surface area contributed by atoms with Crippen molar-refractivity contribution in [2.45, 2.75) is 18.9 Å². The Balaban J connectivity index is 1.90. The van der Waals surface area contributed by atoms with Gasteiger partial charge in [0.1, 0.15) is 0 Å². The van der Waals surface area contributed by atoms with Crippen LogP contribution in [0.15, 0.2) is 0 Å². The van der Waals surface area contributed by atoms with Gasteiger partial charge in [0.2, 0.25) is 0 Å². The number of hydrogen-bond donors (Lipinski definition) is 1. The van der Waals surface area contributed by atoms with Crippen molar-refractivity contribution in [2.24, 2.45) is 0 Å². The fourth-order valence-corrected chi connectivity index (χ4v) is 4.22. The van der Waals surface area contributed by atoms with E-state index in [1.807, 2.05) is 0 Å². The van der Waals surface area contributed by atoms with Crippen LogP contribution in [0.4, 0.5) is 0 Å². The van der Waals surface area contributed by atoms with Gasteiger partial charge in [-0.05, 0) is 12.8 Å². The molecule has 1 unspecified atom stereocenters. The van der Waals surface area contributed by atoms with E-state index in [0.717, 1.165) is 32.7 Å². The maximum atomic E-state index is 12.4. The number of ether oxygens (including phenoxy) is 1. The van der Waals surface area contributed by atoms with Crippen molar-refractivity contribution in [3.63, 3.8) is 0 Å². The largest absolute Gasteiger partial charge is 0.396 e. The summed E-state index contributed by atoms with van der Waals surface area (Å²) in [4.78, 5) is 2.33. The van der Waals surface area contributed by atoms with Gasteiger partial charge in [0.25, 0.3) is 10.2 Å². The van der Waals surface area contributed by atoms with Crippen LogP contribution in [0, 0.1) is 0 Å². The molecule has 1 N–H and O–H groups in total. The van der Waals surface area contributed by atoms with E-state index in [4.69, 9.17) is 9.84 Å². The third-order valence-corrected chi connectivity index (χ3v) is 5.99. The molecule has 0 saturated carbocycles. The quantitative estimate of drug-likeness (QED) is 0.678. The Labute approximate surface area is 121 Å². The molecule has 2 aliphatic rings. The van der Waals surface area contributed by atoms with E-state index in [1.54, 1.807) is 11.4 Å². The first kappa shape index (κ1) is 16.1. The van der Waals surface area contributed by atoms with Crippen LogP contribution in [0.3, 0.4) is 0 Å². The molecule has 0 spiro atoms. The molecule has 0 aromatic heterocycles. The van der Waals surface area contributed by atoms with Gasteiger partial charge in [-0.15, -0.1) is 0 Å². The highest BCUT2D eigenvalue weighted by atomic mass is 32.2. The van der Waals surface area contributed by atoms with Gasteiger partial charge in [-0.1, -0.05) is 0 Å². The van der Waals surface area contributed by atoms with Gasteiger partial charge >= 0.3 is 0 Å². The lowest BCUT2D eigenvalue weighted by Crippen LogP contribution is -2.46. The summed E-state index contributed by atoms with van der Waals surface area (Å²) in [5, 5.41) is 8.80. The van der Waals surface area contributed by atoms with Gasteiger partial charge in [0.05, 0.1) is 13.2 Å². The average Bonchev–Trinajstić information content (AvgIpc) is 2.96. The highest BCUT2D eigenvalue weighted by molar-refractivity contribution is 7.86. The molecule has 0 aromatic rings. The zero-order valence-corrected chi connectivity index (χ0v) is 12.9. The van der Waals surface area contributed by atoms with Crippen LogP contribution in [0.25, 0.3) is 0 Å². The molecule has 1 atom stereocenters. The third kappa shape index (κ3) is 3.69. The maximum Gasteiger partial charge on any atom is 0.281 e. The zero-order chi connectivity index (χ0) is 14.6. The van der Waals surface area contributed by atoms with Gasteiger partial charge in [0, 0.05) is 52.4 Å². The number of hydrogen-bond acceptors (Lipinski definition) is 5. The molecular weight excluding hydrogens is 282 g/mol. The lowest BCUT2D eigenvalue weighted by molar-refractivity contribution is 0.0196. The lowest BCUT2D eigenvalue weighted by Gasteiger charge is -2.32. The lowest BCUT2D eigenvalue weighted by atomic mass is 10.2. The second-order valence-corrected chi connectivity index (χ2v) is 7.39. The van der Waals surface area contributed by atoms with Gasteiger partial charge in [-0.3, -0.25) is 4.90 Å². The second kappa shape index (κ2) is 7.15. The molecule has 0 radical (unpaired) electrons.